The van der Waals surface area contributed by atoms with Crippen molar-refractivity contribution in [2.24, 2.45) is 0 Å². The zero-order valence-corrected chi connectivity index (χ0v) is 11.3. The summed E-state index contributed by atoms with van der Waals surface area (Å²) < 4.78 is 21.6. The summed E-state index contributed by atoms with van der Waals surface area (Å²) in [5, 5.41) is 8.41. The first kappa shape index (κ1) is 15.4. The molecule has 1 amide bonds. The molecule has 0 aromatic heterocycles. The van der Waals surface area contributed by atoms with Gasteiger partial charge in [0.25, 0.3) is 5.91 Å². The molecule has 0 heterocycles. The summed E-state index contributed by atoms with van der Waals surface area (Å²) in [6.45, 7) is 0. The molecule has 1 aromatic rings. The van der Waals surface area contributed by atoms with Crippen LogP contribution in [0.5, 0.6) is 0 Å². The maximum atomic E-state index is 11.0. The van der Waals surface area contributed by atoms with Gasteiger partial charge in [-0.2, -0.15) is 8.42 Å². The molecule has 0 spiro atoms. The van der Waals surface area contributed by atoms with Gasteiger partial charge in [0.15, 0.2) is 0 Å². The lowest BCUT2D eigenvalue weighted by Gasteiger charge is -2.02. The smallest absolute Gasteiger partial charge is 0.286 e. The average molecular weight is 283 g/mol. The fourth-order valence-corrected chi connectivity index (χ4v) is 2.28. The lowest BCUT2D eigenvalue weighted by Crippen LogP contribution is -2.28. The molecule has 1 aromatic carbocycles. The number of hydroxylamine groups is 1. The van der Waals surface area contributed by atoms with Crippen molar-refractivity contribution in [2.75, 3.05) is 0 Å². The van der Waals surface area contributed by atoms with E-state index in [4.69, 9.17) is 5.21 Å². The van der Waals surface area contributed by atoms with Crippen LogP contribution < -0.4 is 5.48 Å². The van der Waals surface area contributed by atoms with Crippen molar-refractivity contribution < 1.29 is 18.4 Å². The lowest BCUT2D eigenvalue weighted by atomic mass is 10.1. The number of nitrogens with one attached hydrogen (secondary N) is 1. The molecule has 1 rings (SSSR count). The molecule has 0 aliphatic carbocycles. The molecular weight excluding hydrogens is 266 g/mol. The molecule has 6 heteroatoms. The topological polar surface area (TPSA) is 83.5 Å². The Hall–Kier alpha value is -1.66. The third-order valence-electron chi connectivity index (χ3n) is 2.77. The average Bonchev–Trinajstić information content (AvgIpc) is 2.42. The summed E-state index contributed by atoms with van der Waals surface area (Å²) in [7, 11) is -2.58. The second-order valence-electron chi connectivity index (χ2n) is 4.15. The van der Waals surface area contributed by atoms with Crippen molar-refractivity contribution in [1.29, 1.82) is 0 Å². The van der Waals surface area contributed by atoms with Crippen LogP contribution in [0, 0.1) is 0 Å². The summed E-state index contributed by atoms with van der Waals surface area (Å²) in [5.41, 5.74) is 2.59. The van der Waals surface area contributed by atoms with E-state index in [0.29, 0.717) is 6.42 Å². The summed E-state index contributed by atoms with van der Waals surface area (Å²) in [5.74, 6) is -0.948. The van der Waals surface area contributed by atoms with Crippen LogP contribution in [0.2, 0.25) is 0 Å². The number of amides is 1. The Morgan fingerprint density at radius 2 is 1.79 bits per heavy atom. The molecule has 0 saturated carbocycles. The van der Waals surface area contributed by atoms with Crippen LogP contribution in [0.15, 0.2) is 30.3 Å². The SMILES string of the molecule is O=C(NO)C(CCCCCc1ccccc1)=S(=O)=O. The maximum absolute atomic E-state index is 11.0. The van der Waals surface area contributed by atoms with Crippen molar-refractivity contribution in [3.8, 4) is 0 Å². The minimum absolute atomic E-state index is 0.150. The van der Waals surface area contributed by atoms with Gasteiger partial charge in [0, 0.05) is 0 Å². The predicted molar refractivity (Wildman–Crippen MR) is 72.5 cm³/mol. The van der Waals surface area contributed by atoms with Gasteiger partial charge < -0.3 is 0 Å². The van der Waals surface area contributed by atoms with Crippen molar-refractivity contribution in [1.82, 2.24) is 5.48 Å². The number of carbonyl (C=O) groups is 1. The Kier molecular flexibility index (Phi) is 6.84. The standard InChI is InChI=1S/C13H17NO4S/c15-13(14-16)12(19(17)18)10-6-2-5-9-11-7-3-1-4-8-11/h1,3-4,7-8,16H,2,5-6,9-10H2,(H,14,15). The molecule has 0 bridgehead atoms. The van der Waals surface area contributed by atoms with Gasteiger partial charge in [0.05, 0.1) is 0 Å². The number of unbranched alkanes of at least 4 members (excludes halogenated alkanes) is 2. The molecule has 2 N–H and O–H groups in total. The number of hydrogen-bond acceptors (Lipinski definition) is 4. The van der Waals surface area contributed by atoms with Crippen LogP contribution in [0.1, 0.15) is 31.2 Å². The Bertz CT molecular complexity index is 529. The highest BCUT2D eigenvalue weighted by Gasteiger charge is 2.11. The van der Waals surface area contributed by atoms with E-state index in [-0.39, 0.29) is 11.3 Å². The van der Waals surface area contributed by atoms with Crippen LogP contribution >= 0.6 is 0 Å². The minimum atomic E-state index is -2.58. The Morgan fingerprint density at radius 1 is 1.11 bits per heavy atom. The second-order valence-corrected chi connectivity index (χ2v) is 5.11. The largest absolute Gasteiger partial charge is 0.288 e. The Labute approximate surface area is 113 Å². The third-order valence-corrected chi connectivity index (χ3v) is 3.56. The maximum Gasteiger partial charge on any atom is 0.286 e. The molecule has 0 fully saturated rings. The number of hydrogen-bond donors (Lipinski definition) is 2. The first-order valence-electron chi connectivity index (χ1n) is 6.08. The van der Waals surface area contributed by atoms with Gasteiger partial charge in [-0.3, -0.25) is 10.0 Å². The summed E-state index contributed by atoms with van der Waals surface area (Å²) in [6.07, 6.45) is 3.45. The Balaban J connectivity index is 2.31. The molecule has 0 radical (unpaired) electrons. The zero-order valence-electron chi connectivity index (χ0n) is 10.5. The van der Waals surface area contributed by atoms with E-state index in [1.54, 1.807) is 0 Å². The van der Waals surface area contributed by atoms with E-state index in [0.717, 1.165) is 19.3 Å². The van der Waals surface area contributed by atoms with E-state index in [1.807, 2.05) is 30.3 Å². The first-order chi connectivity index (χ1) is 9.15. The molecule has 5 nitrogen and oxygen atoms in total. The van der Waals surface area contributed by atoms with Crippen molar-refractivity contribution in [3.63, 3.8) is 0 Å². The molecule has 0 saturated heterocycles. The third kappa shape index (κ3) is 5.67. The van der Waals surface area contributed by atoms with Crippen molar-refractivity contribution in [3.05, 3.63) is 35.9 Å². The van der Waals surface area contributed by atoms with Gasteiger partial charge in [0.2, 0.25) is 10.3 Å². The van der Waals surface area contributed by atoms with Gasteiger partial charge in [-0.1, -0.05) is 36.8 Å². The fourth-order valence-electron chi connectivity index (χ4n) is 1.77. The lowest BCUT2D eigenvalue weighted by molar-refractivity contribution is -0.122. The molecule has 0 aliphatic heterocycles. The zero-order chi connectivity index (χ0) is 14.1. The summed E-state index contributed by atoms with van der Waals surface area (Å²) in [4.78, 5) is 10.7. The first-order valence-corrected chi connectivity index (χ1v) is 7.16. The predicted octanol–water partition coefficient (Wildman–Crippen LogP) is 1.35. The van der Waals surface area contributed by atoms with Crippen molar-refractivity contribution in [2.45, 2.75) is 32.1 Å². The van der Waals surface area contributed by atoms with Gasteiger partial charge in [-0.05, 0) is 31.2 Å². The van der Waals surface area contributed by atoms with Crippen LogP contribution in [0.3, 0.4) is 0 Å². The van der Waals surface area contributed by atoms with Crippen LogP contribution in [0.4, 0.5) is 0 Å². The highest BCUT2D eigenvalue weighted by atomic mass is 32.2. The molecule has 0 aliphatic rings. The van der Waals surface area contributed by atoms with Gasteiger partial charge in [0.1, 0.15) is 4.86 Å². The molecule has 0 atom stereocenters. The van der Waals surface area contributed by atoms with Crippen LogP contribution in [0.25, 0.3) is 0 Å². The number of aryl methyl sites for hydroxylation is 1. The molecule has 0 unspecified atom stereocenters. The summed E-state index contributed by atoms with van der Waals surface area (Å²) >= 11 is 0. The molecule has 19 heavy (non-hydrogen) atoms. The van der Waals surface area contributed by atoms with E-state index >= 15 is 0 Å². The van der Waals surface area contributed by atoms with Gasteiger partial charge >= 0.3 is 0 Å². The number of benzene rings is 1. The van der Waals surface area contributed by atoms with Gasteiger partial charge in [-0.15, -0.1) is 0 Å². The monoisotopic (exact) mass is 283 g/mol. The molecule has 104 valence electrons. The van der Waals surface area contributed by atoms with E-state index in [2.05, 4.69) is 0 Å². The van der Waals surface area contributed by atoms with Crippen LogP contribution in [-0.2, 0) is 21.5 Å². The van der Waals surface area contributed by atoms with E-state index < -0.39 is 16.2 Å². The fraction of sp³-hybridized carbons (Fsp3) is 0.385. The minimum Gasteiger partial charge on any atom is -0.288 e. The highest BCUT2D eigenvalue weighted by molar-refractivity contribution is 7.74. The quantitative estimate of drug-likeness (QED) is 0.342. The van der Waals surface area contributed by atoms with E-state index in [1.165, 1.54) is 11.0 Å². The molecular formula is C13H17NO4S. The number of carbonyl (C=O) groups excluding carboxylic acids is 1. The second kappa shape index (κ2) is 8.44. The summed E-state index contributed by atoms with van der Waals surface area (Å²) in [6, 6.07) is 10.0. The normalized spacial score (nSPS) is 9.95. The van der Waals surface area contributed by atoms with E-state index in [9.17, 15) is 13.2 Å². The number of rotatable bonds is 7. The van der Waals surface area contributed by atoms with Crippen molar-refractivity contribution >= 4 is 21.1 Å². The van der Waals surface area contributed by atoms with Gasteiger partial charge in [-0.25, -0.2) is 5.48 Å². The highest BCUT2D eigenvalue weighted by Crippen LogP contribution is 2.08. The Morgan fingerprint density at radius 3 is 2.37 bits per heavy atom. The van der Waals surface area contributed by atoms with Crippen LogP contribution in [-0.4, -0.2) is 24.4 Å².